The maximum Gasteiger partial charge on any atom is 0.241 e. The van der Waals surface area contributed by atoms with Crippen LogP contribution in [0, 0.1) is 22.7 Å². The lowest BCUT2D eigenvalue weighted by Gasteiger charge is -2.78. The van der Waals surface area contributed by atoms with Gasteiger partial charge in [-0.15, -0.1) is 0 Å². The summed E-state index contributed by atoms with van der Waals surface area (Å²) in [4.78, 5) is 15.3. The number of amides is 1. The van der Waals surface area contributed by atoms with Gasteiger partial charge in [0.15, 0.2) is 0 Å². The third-order valence-electron chi connectivity index (χ3n) is 9.27. The van der Waals surface area contributed by atoms with Gasteiger partial charge in [0.25, 0.3) is 0 Å². The Labute approximate surface area is 129 Å². The molecular formula is C18H22N2O2. The highest BCUT2D eigenvalue weighted by molar-refractivity contribution is 5.91. The second-order valence-electron chi connectivity index (χ2n) is 9.46. The van der Waals surface area contributed by atoms with Gasteiger partial charge in [0.2, 0.25) is 5.91 Å². The molecule has 4 nitrogen and oxygen atoms in total. The fourth-order valence-corrected chi connectivity index (χ4v) is 8.55. The predicted molar refractivity (Wildman–Crippen MR) is 78.6 cm³/mol. The molecule has 1 heterocycles. The van der Waals surface area contributed by atoms with E-state index in [0.29, 0.717) is 11.8 Å². The van der Waals surface area contributed by atoms with E-state index >= 15 is 0 Å². The Morgan fingerprint density at radius 2 is 2.18 bits per heavy atom. The van der Waals surface area contributed by atoms with Gasteiger partial charge in [-0.3, -0.25) is 4.79 Å². The van der Waals surface area contributed by atoms with E-state index in [1.165, 1.54) is 12.0 Å². The number of rotatable bonds is 2. The third-order valence-corrected chi connectivity index (χ3v) is 9.27. The van der Waals surface area contributed by atoms with Gasteiger partial charge in [-0.2, -0.15) is 0 Å². The second kappa shape index (κ2) is 2.71. The Morgan fingerprint density at radius 3 is 2.82 bits per heavy atom. The van der Waals surface area contributed by atoms with E-state index in [2.05, 4.69) is 4.90 Å². The number of hydrogen-bond donors (Lipinski definition) is 2. The molecule has 7 atom stereocenters. The molecule has 0 aromatic carbocycles. The van der Waals surface area contributed by atoms with Gasteiger partial charge in [0, 0.05) is 23.8 Å². The minimum atomic E-state index is -0.474. The second-order valence-corrected chi connectivity index (χ2v) is 9.46. The summed E-state index contributed by atoms with van der Waals surface area (Å²) >= 11 is 0. The monoisotopic (exact) mass is 298 g/mol. The van der Waals surface area contributed by atoms with Crippen molar-refractivity contribution in [2.45, 2.75) is 62.1 Å². The van der Waals surface area contributed by atoms with Crippen molar-refractivity contribution in [2.24, 2.45) is 28.4 Å². The van der Waals surface area contributed by atoms with E-state index in [1.807, 2.05) is 0 Å². The minimum Gasteiger partial charge on any atom is -0.389 e. The first-order valence-corrected chi connectivity index (χ1v) is 9.01. The summed E-state index contributed by atoms with van der Waals surface area (Å²) < 4.78 is 0. The van der Waals surface area contributed by atoms with Crippen LogP contribution in [0.3, 0.4) is 0 Å². The van der Waals surface area contributed by atoms with Gasteiger partial charge in [0.05, 0.1) is 17.2 Å². The molecule has 7 aliphatic rings. The van der Waals surface area contributed by atoms with Crippen LogP contribution < -0.4 is 5.73 Å². The van der Waals surface area contributed by atoms with Crippen LogP contribution in [0.5, 0.6) is 0 Å². The number of nitrogens with zero attached hydrogens (tertiary/aromatic N) is 1. The Hall–Kier alpha value is -0.870. The fraction of sp³-hybridized carbons (Fsp3) is 0.833. The molecule has 3 N–H and O–H groups in total. The van der Waals surface area contributed by atoms with Crippen molar-refractivity contribution in [1.82, 2.24) is 4.90 Å². The molecule has 7 rings (SSSR count). The highest BCUT2D eigenvalue weighted by Crippen LogP contribution is 2.88. The first-order valence-electron chi connectivity index (χ1n) is 9.01. The molecule has 6 aliphatic carbocycles. The molecule has 5 saturated carbocycles. The lowest BCUT2D eigenvalue weighted by Crippen LogP contribution is -2.83. The molecule has 0 aromatic rings. The summed E-state index contributed by atoms with van der Waals surface area (Å²) in [5, 5.41) is 10.9. The molecule has 22 heavy (non-hydrogen) atoms. The highest BCUT2D eigenvalue weighted by Gasteiger charge is 2.89. The van der Waals surface area contributed by atoms with Gasteiger partial charge >= 0.3 is 0 Å². The summed E-state index contributed by atoms with van der Waals surface area (Å²) in [5.74, 6) is 1.55. The summed E-state index contributed by atoms with van der Waals surface area (Å²) in [6, 6.07) is -0.378. The molecule has 1 saturated heterocycles. The Bertz CT molecular complexity index is 731. The maximum absolute atomic E-state index is 13.2. The Morgan fingerprint density at radius 1 is 1.32 bits per heavy atom. The van der Waals surface area contributed by atoms with Gasteiger partial charge in [-0.1, -0.05) is 0 Å². The van der Waals surface area contributed by atoms with Crippen LogP contribution in [-0.4, -0.2) is 39.6 Å². The highest BCUT2D eigenvalue weighted by atomic mass is 16.3. The van der Waals surface area contributed by atoms with Crippen molar-refractivity contribution in [2.75, 3.05) is 6.54 Å². The predicted octanol–water partition coefficient (Wildman–Crippen LogP) is 0.940. The largest absolute Gasteiger partial charge is 0.389 e. The molecule has 0 aromatic heterocycles. The maximum atomic E-state index is 13.2. The van der Waals surface area contributed by atoms with Crippen LogP contribution in [0.2, 0.25) is 0 Å². The van der Waals surface area contributed by atoms with Crippen LogP contribution in [0.1, 0.15) is 44.9 Å². The first-order chi connectivity index (χ1) is 10.5. The molecular weight excluding hydrogens is 276 g/mol. The van der Waals surface area contributed by atoms with Crippen LogP contribution in [-0.2, 0) is 4.79 Å². The van der Waals surface area contributed by atoms with Crippen molar-refractivity contribution >= 4 is 5.91 Å². The quantitative estimate of drug-likeness (QED) is 0.746. The summed E-state index contributed by atoms with van der Waals surface area (Å²) in [5.41, 5.74) is 9.30. The Balaban J connectivity index is 1.26. The number of carbonyl (C=O) groups excluding carboxylic acids is 1. The minimum absolute atomic E-state index is 0.0172. The first kappa shape index (κ1) is 11.6. The van der Waals surface area contributed by atoms with Gasteiger partial charge in [0.1, 0.15) is 0 Å². The Kier molecular flexibility index (Phi) is 1.43. The van der Waals surface area contributed by atoms with Gasteiger partial charge in [-0.05, 0) is 61.5 Å². The number of aliphatic hydroxyl groups is 1. The molecule has 2 spiro atoms. The molecule has 116 valence electrons. The zero-order chi connectivity index (χ0) is 14.7. The molecule has 1 aliphatic heterocycles. The molecule has 5 unspecified atom stereocenters. The average molecular weight is 298 g/mol. The lowest BCUT2D eigenvalue weighted by atomic mass is 9.28. The third kappa shape index (κ3) is 0.774. The van der Waals surface area contributed by atoms with Crippen LogP contribution in [0.25, 0.3) is 0 Å². The van der Waals surface area contributed by atoms with E-state index < -0.39 is 5.60 Å². The molecule has 4 heteroatoms. The zero-order valence-electron chi connectivity index (χ0n) is 12.8. The summed E-state index contributed by atoms with van der Waals surface area (Å²) in [6.07, 6.45) is 7.45. The van der Waals surface area contributed by atoms with Crippen molar-refractivity contribution in [3.63, 3.8) is 0 Å². The number of hydrogen-bond acceptors (Lipinski definition) is 3. The van der Waals surface area contributed by atoms with E-state index in [0.717, 1.165) is 45.1 Å². The van der Waals surface area contributed by atoms with E-state index in [9.17, 15) is 9.90 Å². The number of carbonyl (C=O) groups is 1. The van der Waals surface area contributed by atoms with Gasteiger partial charge in [-0.25, -0.2) is 0 Å². The van der Waals surface area contributed by atoms with E-state index in [-0.39, 0.29) is 28.3 Å². The molecule has 6 fully saturated rings. The summed E-state index contributed by atoms with van der Waals surface area (Å²) in [7, 11) is 0. The number of likely N-dealkylation sites (tertiary alicyclic amines) is 1. The smallest absolute Gasteiger partial charge is 0.241 e. The van der Waals surface area contributed by atoms with Crippen LogP contribution in [0.15, 0.2) is 11.1 Å². The lowest BCUT2D eigenvalue weighted by molar-refractivity contribution is -0.354. The van der Waals surface area contributed by atoms with E-state index in [1.54, 1.807) is 5.57 Å². The fourth-order valence-electron chi connectivity index (χ4n) is 8.55. The normalized spacial score (nSPS) is 62.0. The van der Waals surface area contributed by atoms with Crippen LogP contribution in [0.4, 0.5) is 0 Å². The zero-order valence-corrected chi connectivity index (χ0v) is 12.8. The number of fused-ring (bicyclic) bond motifs is 1. The standard InChI is InChI=1S/C18H22N2O2/c19-13(14(21)20-2-1-11-12-7-17(11,12)20)15-4-9-3-10-6-16(22,8-15)18(10,15)5-9/h9-10,13,22H,1-8,19H2/t9?,10?,13-,15?,16?,17+,18?/m1/s1. The van der Waals surface area contributed by atoms with Crippen molar-refractivity contribution in [3.8, 4) is 0 Å². The van der Waals surface area contributed by atoms with E-state index in [4.69, 9.17) is 5.73 Å². The van der Waals surface area contributed by atoms with Crippen molar-refractivity contribution < 1.29 is 9.90 Å². The van der Waals surface area contributed by atoms with Crippen LogP contribution >= 0.6 is 0 Å². The topological polar surface area (TPSA) is 66.6 Å². The SMILES string of the molecule is N[C@H](C(=O)N1CCC2=C3C[C@]231)C12CC3CC4CC(O)(C1)C42C3. The average Bonchev–Trinajstić information content (AvgIpc) is 3.18. The molecule has 1 amide bonds. The van der Waals surface area contributed by atoms with Crippen molar-refractivity contribution in [3.05, 3.63) is 11.1 Å². The van der Waals surface area contributed by atoms with Crippen molar-refractivity contribution in [1.29, 1.82) is 0 Å². The molecule has 2 bridgehead atoms. The molecule has 0 radical (unpaired) electrons. The number of nitrogens with two attached hydrogens (primary N) is 1. The summed E-state index contributed by atoms with van der Waals surface area (Å²) in [6.45, 7) is 0.881. The van der Waals surface area contributed by atoms with Gasteiger partial charge < -0.3 is 15.7 Å².